The molecule has 0 aromatic heterocycles. The van der Waals surface area contributed by atoms with E-state index in [9.17, 15) is 14.0 Å². The quantitative estimate of drug-likeness (QED) is 0.218. The number of nitrogens with one attached hydrogen (secondary N) is 1. The topological polar surface area (TPSA) is 67.8 Å². The number of esters is 1. The molecule has 5 nitrogen and oxygen atoms in total. The highest BCUT2D eigenvalue weighted by molar-refractivity contribution is 6.05. The second-order valence-corrected chi connectivity index (χ2v) is 6.69. The molecule has 1 N–H and O–H groups in total. The third-order valence-electron chi connectivity index (χ3n) is 4.59. The van der Waals surface area contributed by atoms with Crippen molar-refractivity contribution in [1.82, 2.24) is 5.43 Å². The molecule has 0 saturated heterocycles. The van der Waals surface area contributed by atoms with Gasteiger partial charge in [-0.3, -0.25) is 4.79 Å². The van der Waals surface area contributed by atoms with E-state index in [1.807, 2.05) is 36.4 Å². The molecule has 0 aliphatic heterocycles. The molecule has 0 atom stereocenters. The molecule has 31 heavy (non-hydrogen) atoms. The average molecular weight is 412 g/mol. The highest BCUT2D eigenvalue weighted by Crippen LogP contribution is 2.21. The van der Waals surface area contributed by atoms with Crippen molar-refractivity contribution in [1.29, 1.82) is 0 Å². The number of halogens is 1. The summed E-state index contributed by atoms with van der Waals surface area (Å²) in [4.78, 5) is 24.5. The lowest BCUT2D eigenvalue weighted by Gasteiger charge is -2.07. The van der Waals surface area contributed by atoms with Crippen LogP contribution in [0.15, 0.2) is 96.1 Å². The van der Waals surface area contributed by atoms with Crippen LogP contribution in [-0.4, -0.2) is 18.1 Å². The predicted molar refractivity (Wildman–Crippen MR) is 117 cm³/mol. The van der Waals surface area contributed by atoms with Gasteiger partial charge in [0.15, 0.2) is 0 Å². The summed E-state index contributed by atoms with van der Waals surface area (Å²) in [6.07, 6.45) is 1.46. The van der Waals surface area contributed by atoms with E-state index in [2.05, 4.69) is 10.5 Å². The molecule has 0 unspecified atom stereocenters. The number of nitrogens with zero attached hydrogens (tertiary/aromatic N) is 1. The zero-order valence-electron chi connectivity index (χ0n) is 16.3. The molecule has 0 aliphatic rings. The zero-order chi connectivity index (χ0) is 21.6. The number of carbonyl (C=O) groups is 2. The highest BCUT2D eigenvalue weighted by Gasteiger charge is 2.12. The SMILES string of the molecule is O=C(N/N=C\c1ccc(OC(=O)c2cccc3ccccc23)cc1)c1ccc(F)cc1. The van der Waals surface area contributed by atoms with Gasteiger partial charge >= 0.3 is 5.97 Å². The number of amides is 1. The van der Waals surface area contributed by atoms with E-state index in [1.54, 1.807) is 30.3 Å². The van der Waals surface area contributed by atoms with Gasteiger partial charge in [0, 0.05) is 5.56 Å². The molecule has 1 amide bonds. The first kappa shape index (κ1) is 20.0. The van der Waals surface area contributed by atoms with Gasteiger partial charge in [-0.05, 0) is 70.9 Å². The first-order valence-electron chi connectivity index (χ1n) is 9.49. The van der Waals surface area contributed by atoms with E-state index in [0.29, 0.717) is 22.4 Å². The van der Waals surface area contributed by atoms with Gasteiger partial charge in [-0.25, -0.2) is 14.6 Å². The molecule has 0 radical (unpaired) electrons. The average Bonchev–Trinajstić information content (AvgIpc) is 2.80. The number of carbonyl (C=O) groups excluding carboxylic acids is 2. The van der Waals surface area contributed by atoms with E-state index < -0.39 is 17.7 Å². The Morgan fingerprint density at radius 2 is 1.55 bits per heavy atom. The van der Waals surface area contributed by atoms with Crippen LogP contribution in [0.2, 0.25) is 0 Å². The van der Waals surface area contributed by atoms with Gasteiger partial charge in [-0.1, -0.05) is 36.4 Å². The fourth-order valence-corrected chi connectivity index (χ4v) is 3.02. The smallest absolute Gasteiger partial charge is 0.344 e. The van der Waals surface area contributed by atoms with E-state index in [0.717, 1.165) is 10.8 Å². The maximum atomic E-state index is 12.9. The minimum atomic E-state index is -0.447. The lowest BCUT2D eigenvalue weighted by Crippen LogP contribution is -2.17. The van der Waals surface area contributed by atoms with Gasteiger partial charge in [-0.2, -0.15) is 5.10 Å². The summed E-state index contributed by atoms with van der Waals surface area (Å²) in [5.74, 6) is -0.909. The second-order valence-electron chi connectivity index (χ2n) is 6.69. The van der Waals surface area contributed by atoms with E-state index in [4.69, 9.17) is 4.74 Å². The standard InChI is InChI=1S/C25H17FN2O3/c26-20-12-10-19(11-13-20)24(29)28-27-16-17-8-14-21(15-9-17)31-25(30)23-7-3-5-18-4-1-2-6-22(18)23/h1-16H,(H,28,29)/b27-16-. The summed E-state index contributed by atoms with van der Waals surface area (Å²) in [5, 5.41) is 5.68. The van der Waals surface area contributed by atoms with Gasteiger partial charge in [0.25, 0.3) is 5.91 Å². The van der Waals surface area contributed by atoms with Crippen LogP contribution in [0.3, 0.4) is 0 Å². The van der Waals surface area contributed by atoms with Crippen LogP contribution in [-0.2, 0) is 0 Å². The molecule has 0 heterocycles. The Balaban J connectivity index is 1.39. The first-order valence-corrected chi connectivity index (χ1v) is 9.49. The molecule has 0 spiro atoms. The highest BCUT2D eigenvalue weighted by atomic mass is 19.1. The number of hydrogen-bond acceptors (Lipinski definition) is 4. The monoisotopic (exact) mass is 412 g/mol. The van der Waals surface area contributed by atoms with Crippen molar-refractivity contribution < 1.29 is 18.7 Å². The number of hydrogen-bond donors (Lipinski definition) is 1. The number of benzene rings is 4. The Kier molecular flexibility index (Phi) is 5.80. The normalized spacial score (nSPS) is 10.9. The third kappa shape index (κ3) is 4.82. The van der Waals surface area contributed by atoms with Crippen LogP contribution in [0.25, 0.3) is 10.8 Å². The van der Waals surface area contributed by atoms with Crippen LogP contribution in [0.1, 0.15) is 26.3 Å². The molecule has 0 fully saturated rings. The Labute approximate surface area is 177 Å². The zero-order valence-corrected chi connectivity index (χ0v) is 16.3. The van der Waals surface area contributed by atoms with Crippen molar-refractivity contribution in [3.63, 3.8) is 0 Å². The minimum Gasteiger partial charge on any atom is -0.423 e. The van der Waals surface area contributed by atoms with E-state index in [1.165, 1.54) is 30.5 Å². The minimum absolute atomic E-state index is 0.300. The molecule has 4 aromatic rings. The molecule has 152 valence electrons. The van der Waals surface area contributed by atoms with Crippen molar-refractivity contribution in [3.05, 3.63) is 114 Å². The van der Waals surface area contributed by atoms with Gasteiger partial charge in [-0.15, -0.1) is 0 Å². The lowest BCUT2D eigenvalue weighted by atomic mass is 10.0. The maximum absolute atomic E-state index is 12.9. The van der Waals surface area contributed by atoms with Crippen molar-refractivity contribution >= 4 is 28.9 Å². The number of hydrazone groups is 1. The first-order chi connectivity index (χ1) is 15.1. The lowest BCUT2D eigenvalue weighted by molar-refractivity contribution is 0.0736. The summed E-state index contributed by atoms with van der Waals surface area (Å²) < 4.78 is 18.4. The summed E-state index contributed by atoms with van der Waals surface area (Å²) >= 11 is 0. The van der Waals surface area contributed by atoms with Gasteiger partial charge in [0.05, 0.1) is 11.8 Å². The van der Waals surface area contributed by atoms with Crippen molar-refractivity contribution in [2.24, 2.45) is 5.10 Å². The summed E-state index contributed by atoms with van der Waals surface area (Å²) in [5.41, 5.74) is 3.87. The van der Waals surface area contributed by atoms with Crippen LogP contribution in [0.5, 0.6) is 5.75 Å². The Morgan fingerprint density at radius 1 is 0.839 bits per heavy atom. The van der Waals surface area contributed by atoms with Crippen LogP contribution in [0, 0.1) is 5.82 Å². The van der Waals surface area contributed by atoms with Crippen LogP contribution in [0.4, 0.5) is 4.39 Å². The Hall–Kier alpha value is -4.32. The van der Waals surface area contributed by atoms with Gasteiger partial charge < -0.3 is 4.74 Å². The molecule has 0 bridgehead atoms. The third-order valence-corrected chi connectivity index (χ3v) is 4.59. The van der Waals surface area contributed by atoms with E-state index >= 15 is 0 Å². The molecule has 0 aliphatic carbocycles. The Bertz CT molecular complexity index is 1260. The predicted octanol–water partition coefficient (Wildman–Crippen LogP) is 4.96. The van der Waals surface area contributed by atoms with Gasteiger partial charge in [0.2, 0.25) is 0 Å². The summed E-state index contributed by atoms with van der Waals surface area (Å²) in [7, 11) is 0. The number of fused-ring (bicyclic) bond motifs is 1. The molecule has 4 rings (SSSR count). The van der Waals surface area contributed by atoms with Gasteiger partial charge in [0.1, 0.15) is 11.6 Å². The van der Waals surface area contributed by atoms with Crippen molar-refractivity contribution in [2.75, 3.05) is 0 Å². The molecular formula is C25H17FN2O3. The van der Waals surface area contributed by atoms with Crippen molar-refractivity contribution in [2.45, 2.75) is 0 Å². The molecular weight excluding hydrogens is 395 g/mol. The summed E-state index contributed by atoms with van der Waals surface area (Å²) in [6, 6.07) is 25.0. The molecule has 4 aromatic carbocycles. The molecule has 0 saturated carbocycles. The second kappa shape index (κ2) is 9.00. The number of rotatable bonds is 5. The fraction of sp³-hybridized carbons (Fsp3) is 0. The molecule has 6 heteroatoms. The maximum Gasteiger partial charge on any atom is 0.344 e. The summed E-state index contributed by atoms with van der Waals surface area (Å²) in [6.45, 7) is 0. The van der Waals surface area contributed by atoms with E-state index in [-0.39, 0.29) is 0 Å². The Morgan fingerprint density at radius 3 is 2.32 bits per heavy atom. The fourth-order valence-electron chi connectivity index (χ4n) is 3.02. The largest absolute Gasteiger partial charge is 0.423 e. The van der Waals surface area contributed by atoms with Crippen LogP contribution >= 0.6 is 0 Å². The van der Waals surface area contributed by atoms with Crippen molar-refractivity contribution in [3.8, 4) is 5.75 Å². The van der Waals surface area contributed by atoms with Crippen LogP contribution < -0.4 is 10.2 Å². The number of ether oxygens (including phenoxy) is 1.